The first kappa shape index (κ1) is 10.6. The number of urea groups is 1. The van der Waals surface area contributed by atoms with Crippen LogP contribution in [0.5, 0.6) is 0 Å². The van der Waals surface area contributed by atoms with Crippen molar-refractivity contribution in [3.05, 3.63) is 17.5 Å². The lowest BCUT2D eigenvalue weighted by atomic mass is 10.2. The van der Waals surface area contributed by atoms with Crippen molar-refractivity contribution in [1.82, 2.24) is 20.2 Å². The zero-order valence-electron chi connectivity index (χ0n) is 9.14. The van der Waals surface area contributed by atoms with Crippen molar-refractivity contribution in [3.8, 4) is 0 Å². The fourth-order valence-electron chi connectivity index (χ4n) is 2.31. The fraction of sp³-hybridized carbons (Fsp3) is 0.500. The van der Waals surface area contributed by atoms with E-state index in [0.29, 0.717) is 6.54 Å². The summed E-state index contributed by atoms with van der Waals surface area (Å²) in [4.78, 5) is 23.5. The van der Waals surface area contributed by atoms with Crippen molar-refractivity contribution in [2.45, 2.75) is 6.04 Å². The molecule has 0 aliphatic carbocycles. The van der Waals surface area contributed by atoms with Gasteiger partial charge in [0.1, 0.15) is 5.82 Å². The van der Waals surface area contributed by atoms with Crippen molar-refractivity contribution in [2.24, 2.45) is 0 Å². The van der Waals surface area contributed by atoms with Crippen LogP contribution in [0.25, 0.3) is 0 Å². The number of nitrogens with zero attached hydrogens (tertiary/aromatic N) is 4. The Labute approximate surface area is 104 Å². The average Bonchev–Trinajstić information content (AvgIpc) is 2.71. The molecule has 6 nitrogen and oxygen atoms in total. The van der Waals surface area contributed by atoms with Crippen LogP contribution in [0, 0.1) is 0 Å². The summed E-state index contributed by atoms with van der Waals surface area (Å²) in [6.45, 7) is 2.98. The molecule has 0 radical (unpaired) electrons. The molecule has 17 heavy (non-hydrogen) atoms. The number of piperazine rings is 1. The lowest BCUT2D eigenvalue weighted by Gasteiger charge is -2.36. The first-order valence-electron chi connectivity index (χ1n) is 5.52. The Hall–Kier alpha value is -1.56. The van der Waals surface area contributed by atoms with Crippen molar-refractivity contribution >= 4 is 23.4 Å². The van der Waals surface area contributed by atoms with Gasteiger partial charge in [-0.1, -0.05) is 0 Å². The average molecular weight is 254 g/mol. The zero-order valence-corrected chi connectivity index (χ0v) is 9.89. The van der Waals surface area contributed by atoms with Gasteiger partial charge in [0.2, 0.25) is 5.28 Å². The third-order valence-electron chi connectivity index (χ3n) is 3.17. The number of anilines is 1. The number of halogens is 1. The third-order valence-corrected chi connectivity index (χ3v) is 3.35. The van der Waals surface area contributed by atoms with Gasteiger partial charge in [0.15, 0.2) is 0 Å². The Morgan fingerprint density at radius 2 is 2.35 bits per heavy atom. The van der Waals surface area contributed by atoms with Crippen LogP contribution in [-0.2, 0) is 0 Å². The molecule has 7 heteroatoms. The molecule has 1 aromatic heterocycles. The minimum Gasteiger partial charge on any atom is -0.353 e. The molecule has 1 N–H and O–H groups in total. The number of fused-ring (bicyclic) bond motifs is 1. The monoisotopic (exact) mass is 253 g/mol. The van der Waals surface area contributed by atoms with Crippen molar-refractivity contribution in [3.63, 3.8) is 0 Å². The van der Waals surface area contributed by atoms with Gasteiger partial charge in [-0.05, 0) is 17.7 Å². The molecule has 1 unspecified atom stereocenters. The van der Waals surface area contributed by atoms with E-state index in [1.54, 1.807) is 6.20 Å². The number of amides is 2. The Balaban J connectivity index is 1.77. The number of rotatable bonds is 1. The maximum absolute atomic E-state index is 11.5. The number of aromatic nitrogens is 2. The molecule has 1 aromatic rings. The number of carbonyl (C=O) groups excluding carboxylic acids is 1. The molecule has 0 bridgehead atoms. The van der Waals surface area contributed by atoms with E-state index >= 15 is 0 Å². The van der Waals surface area contributed by atoms with Crippen LogP contribution in [0.1, 0.15) is 0 Å². The predicted octanol–water partition coefficient (Wildman–Crippen LogP) is 0.344. The Morgan fingerprint density at radius 3 is 3.18 bits per heavy atom. The van der Waals surface area contributed by atoms with Crippen LogP contribution in [0.2, 0.25) is 5.28 Å². The van der Waals surface area contributed by atoms with Gasteiger partial charge >= 0.3 is 6.03 Å². The minimum absolute atomic E-state index is 0.0374. The number of nitrogens with one attached hydrogen (secondary N) is 1. The van der Waals surface area contributed by atoms with E-state index in [4.69, 9.17) is 11.6 Å². The summed E-state index contributed by atoms with van der Waals surface area (Å²) in [5, 5.41) is 3.10. The van der Waals surface area contributed by atoms with E-state index in [1.807, 2.05) is 11.0 Å². The first-order valence-corrected chi connectivity index (χ1v) is 5.90. The second kappa shape index (κ2) is 4.03. The molecule has 1 atom stereocenters. The molecule has 90 valence electrons. The van der Waals surface area contributed by atoms with Crippen LogP contribution in [0.3, 0.4) is 0 Å². The van der Waals surface area contributed by atoms with Crippen LogP contribution < -0.4 is 10.2 Å². The topological polar surface area (TPSA) is 61.4 Å². The molecule has 2 fully saturated rings. The zero-order chi connectivity index (χ0) is 11.8. The smallest absolute Gasteiger partial charge is 0.317 e. The summed E-state index contributed by atoms with van der Waals surface area (Å²) in [6.07, 6.45) is 1.65. The maximum atomic E-state index is 11.5. The number of carbonyl (C=O) groups is 1. The van der Waals surface area contributed by atoms with E-state index in [-0.39, 0.29) is 17.4 Å². The summed E-state index contributed by atoms with van der Waals surface area (Å²) in [5.74, 6) is 0.823. The van der Waals surface area contributed by atoms with Crippen LogP contribution >= 0.6 is 11.6 Å². The van der Waals surface area contributed by atoms with Crippen molar-refractivity contribution in [1.29, 1.82) is 0 Å². The van der Waals surface area contributed by atoms with Gasteiger partial charge in [-0.15, -0.1) is 0 Å². The summed E-state index contributed by atoms with van der Waals surface area (Å²) in [6, 6.07) is 2.10. The van der Waals surface area contributed by atoms with Gasteiger partial charge in [0, 0.05) is 32.4 Å². The van der Waals surface area contributed by atoms with E-state index in [1.165, 1.54) is 0 Å². The molecule has 0 aromatic carbocycles. The van der Waals surface area contributed by atoms with Crippen LogP contribution in [-0.4, -0.2) is 53.1 Å². The first-order chi connectivity index (χ1) is 8.24. The van der Waals surface area contributed by atoms with E-state index in [0.717, 1.165) is 25.5 Å². The molecule has 0 saturated carbocycles. The van der Waals surface area contributed by atoms with E-state index in [2.05, 4.69) is 20.2 Å². The Kier molecular flexibility index (Phi) is 2.51. The second-order valence-electron chi connectivity index (χ2n) is 4.16. The molecule has 3 rings (SSSR count). The van der Waals surface area contributed by atoms with Crippen molar-refractivity contribution in [2.75, 3.05) is 31.1 Å². The highest BCUT2D eigenvalue weighted by molar-refractivity contribution is 6.28. The molecule has 2 saturated heterocycles. The lowest BCUT2D eigenvalue weighted by Crippen LogP contribution is -2.52. The number of hydrogen-bond donors (Lipinski definition) is 1. The highest BCUT2D eigenvalue weighted by atomic mass is 35.5. The lowest BCUT2D eigenvalue weighted by molar-refractivity contribution is 0.197. The standard InChI is InChI=1S/C10H12ClN5O/c11-9-12-2-1-8(14-9)15-3-4-16-7(6-15)5-13-10(16)17/h1-2,7H,3-6H2,(H,13,17). The van der Waals surface area contributed by atoms with E-state index in [9.17, 15) is 4.79 Å². The number of hydrogen-bond acceptors (Lipinski definition) is 4. The second-order valence-corrected chi connectivity index (χ2v) is 4.50. The van der Waals surface area contributed by atoms with E-state index < -0.39 is 0 Å². The summed E-state index contributed by atoms with van der Waals surface area (Å²) < 4.78 is 0. The minimum atomic E-state index is 0.0374. The molecule has 0 spiro atoms. The molecule has 2 aliphatic rings. The third kappa shape index (κ3) is 1.88. The fourth-order valence-corrected chi connectivity index (χ4v) is 2.46. The van der Waals surface area contributed by atoms with Gasteiger partial charge in [0.25, 0.3) is 0 Å². The molecular formula is C10H12ClN5O. The highest BCUT2D eigenvalue weighted by Crippen LogP contribution is 2.19. The van der Waals surface area contributed by atoms with Crippen LogP contribution in [0.4, 0.5) is 10.6 Å². The van der Waals surface area contributed by atoms with Crippen molar-refractivity contribution < 1.29 is 4.79 Å². The predicted molar refractivity (Wildman–Crippen MR) is 63.1 cm³/mol. The summed E-state index contributed by atoms with van der Waals surface area (Å²) in [5.41, 5.74) is 0. The molecule has 3 heterocycles. The normalized spacial score (nSPS) is 23.6. The SMILES string of the molecule is O=C1NCC2CN(c3ccnc(Cl)n3)CCN12. The van der Waals surface area contributed by atoms with Gasteiger partial charge in [0.05, 0.1) is 6.04 Å². The highest BCUT2D eigenvalue weighted by Gasteiger charge is 2.35. The summed E-state index contributed by atoms with van der Waals surface area (Å²) >= 11 is 5.77. The Bertz CT molecular complexity index is 454. The molecule has 2 amide bonds. The molecule has 2 aliphatic heterocycles. The van der Waals surface area contributed by atoms with Gasteiger partial charge in [-0.25, -0.2) is 14.8 Å². The largest absolute Gasteiger partial charge is 0.353 e. The quantitative estimate of drug-likeness (QED) is 0.734. The van der Waals surface area contributed by atoms with Crippen LogP contribution in [0.15, 0.2) is 12.3 Å². The maximum Gasteiger partial charge on any atom is 0.317 e. The Morgan fingerprint density at radius 1 is 1.47 bits per heavy atom. The van der Waals surface area contributed by atoms with Gasteiger partial charge < -0.3 is 15.1 Å². The summed E-state index contributed by atoms with van der Waals surface area (Å²) in [7, 11) is 0. The molecular weight excluding hydrogens is 242 g/mol. The van der Waals surface area contributed by atoms with Gasteiger partial charge in [-0.2, -0.15) is 0 Å². The van der Waals surface area contributed by atoms with Gasteiger partial charge in [-0.3, -0.25) is 0 Å².